The lowest BCUT2D eigenvalue weighted by atomic mass is 10.1. The summed E-state index contributed by atoms with van der Waals surface area (Å²) in [7, 11) is 0. The summed E-state index contributed by atoms with van der Waals surface area (Å²) in [5.41, 5.74) is 6.88. The Balaban J connectivity index is 0.00000242. The molecule has 1 saturated carbocycles. The molecule has 1 aliphatic rings. The molecule has 132 valence electrons. The number of amides is 1. The average Bonchev–Trinajstić information content (AvgIpc) is 2.94. The van der Waals surface area contributed by atoms with Gasteiger partial charge in [0.05, 0.1) is 0 Å². The third-order valence-electron chi connectivity index (χ3n) is 4.21. The zero-order valence-electron chi connectivity index (χ0n) is 13.8. The van der Waals surface area contributed by atoms with Gasteiger partial charge in [0.2, 0.25) is 5.91 Å². The van der Waals surface area contributed by atoms with Crippen LogP contribution in [0.15, 0.2) is 18.3 Å². The van der Waals surface area contributed by atoms with Crippen LogP contribution in [0.1, 0.15) is 38.7 Å². The van der Waals surface area contributed by atoms with Gasteiger partial charge in [0.1, 0.15) is 5.82 Å². The third kappa shape index (κ3) is 6.16. The molecule has 7 heteroatoms. The first-order chi connectivity index (χ1) is 10.1. The minimum absolute atomic E-state index is 0. The van der Waals surface area contributed by atoms with Gasteiger partial charge >= 0.3 is 0 Å². The summed E-state index contributed by atoms with van der Waals surface area (Å²) in [6.45, 7) is 6.66. The molecule has 1 aromatic heterocycles. The van der Waals surface area contributed by atoms with Crippen LogP contribution in [0.4, 0.5) is 5.82 Å². The second-order valence-corrected chi connectivity index (χ2v) is 5.68. The van der Waals surface area contributed by atoms with E-state index in [1.165, 1.54) is 0 Å². The highest BCUT2D eigenvalue weighted by molar-refractivity contribution is 5.85. The van der Waals surface area contributed by atoms with Crippen molar-refractivity contribution in [2.24, 2.45) is 11.7 Å². The smallest absolute Gasteiger partial charge is 0.223 e. The van der Waals surface area contributed by atoms with Crippen LogP contribution >= 0.6 is 24.8 Å². The molecule has 0 aliphatic heterocycles. The predicted octanol–water partition coefficient (Wildman–Crippen LogP) is 2.52. The number of nitrogens with one attached hydrogen (secondary N) is 1. The zero-order chi connectivity index (χ0) is 15.2. The SMILES string of the molecule is CCN(CC)c1ccc(CNC(=O)C2CCC(N)C2)cn1.Cl.Cl. The number of nitrogens with two attached hydrogens (primary N) is 1. The Hall–Kier alpha value is -1.04. The predicted molar refractivity (Wildman–Crippen MR) is 99.5 cm³/mol. The lowest BCUT2D eigenvalue weighted by Gasteiger charge is -2.19. The molecule has 2 rings (SSSR count). The summed E-state index contributed by atoms with van der Waals surface area (Å²) >= 11 is 0. The normalized spacial score (nSPS) is 19.4. The van der Waals surface area contributed by atoms with Crippen molar-refractivity contribution < 1.29 is 4.79 Å². The standard InChI is InChI=1S/C16H26N4O.2ClH/c1-3-20(4-2)15-8-5-12(10-18-15)11-19-16(21)13-6-7-14(17)9-13;;/h5,8,10,13-14H,3-4,6-7,9,11,17H2,1-2H3,(H,19,21);2*1H. The molecule has 1 amide bonds. The minimum Gasteiger partial charge on any atom is -0.357 e. The van der Waals surface area contributed by atoms with Crippen molar-refractivity contribution in [1.82, 2.24) is 10.3 Å². The van der Waals surface area contributed by atoms with E-state index in [-0.39, 0.29) is 42.7 Å². The van der Waals surface area contributed by atoms with Gasteiger partial charge in [-0.15, -0.1) is 24.8 Å². The molecule has 2 atom stereocenters. The lowest BCUT2D eigenvalue weighted by Crippen LogP contribution is -2.30. The van der Waals surface area contributed by atoms with Gasteiger partial charge in [-0.3, -0.25) is 4.79 Å². The maximum atomic E-state index is 12.0. The topological polar surface area (TPSA) is 71.2 Å². The van der Waals surface area contributed by atoms with Crippen LogP contribution in [0, 0.1) is 5.92 Å². The molecule has 1 aromatic rings. The quantitative estimate of drug-likeness (QED) is 0.815. The number of rotatable bonds is 6. The summed E-state index contributed by atoms with van der Waals surface area (Å²) in [4.78, 5) is 18.7. The van der Waals surface area contributed by atoms with E-state index in [9.17, 15) is 4.79 Å². The van der Waals surface area contributed by atoms with E-state index in [0.29, 0.717) is 6.54 Å². The number of carbonyl (C=O) groups is 1. The number of hydrogen-bond donors (Lipinski definition) is 2. The van der Waals surface area contributed by atoms with E-state index < -0.39 is 0 Å². The van der Waals surface area contributed by atoms with Gasteiger partial charge in [0.15, 0.2) is 0 Å². The van der Waals surface area contributed by atoms with Crippen LogP contribution < -0.4 is 16.0 Å². The fourth-order valence-corrected chi connectivity index (χ4v) is 2.84. The molecular formula is C16H28Cl2N4O. The summed E-state index contributed by atoms with van der Waals surface area (Å²) in [5.74, 6) is 1.19. The van der Waals surface area contributed by atoms with E-state index in [4.69, 9.17) is 5.73 Å². The molecule has 0 saturated heterocycles. The summed E-state index contributed by atoms with van der Waals surface area (Å²) in [6, 6.07) is 4.23. The largest absolute Gasteiger partial charge is 0.357 e. The molecule has 1 fully saturated rings. The van der Waals surface area contributed by atoms with Crippen molar-refractivity contribution in [1.29, 1.82) is 0 Å². The van der Waals surface area contributed by atoms with Crippen molar-refractivity contribution >= 4 is 36.5 Å². The summed E-state index contributed by atoms with van der Waals surface area (Å²) < 4.78 is 0. The second-order valence-electron chi connectivity index (χ2n) is 5.68. The second kappa shape index (κ2) is 10.7. The maximum Gasteiger partial charge on any atom is 0.223 e. The number of hydrogen-bond acceptors (Lipinski definition) is 4. The van der Waals surface area contributed by atoms with Gasteiger partial charge in [-0.2, -0.15) is 0 Å². The Morgan fingerprint density at radius 1 is 1.30 bits per heavy atom. The first-order valence-electron chi connectivity index (χ1n) is 7.87. The fourth-order valence-electron chi connectivity index (χ4n) is 2.84. The molecular weight excluding hydrogens is 335 g/mol. The van der Waals surface area contributed by atoms with Crippen LogP contribution in [0.3, 0.4) is 0 Å². The Morgan fingerprint density at radius 2 is 2.00 bits per heavy atom. The fraction of sp³-hybridized carbons (Fsp3) is 0.625. The number of nitrogens with zero attached hydrogens (tertiary/aromatic N) is 2. The molecule has 1 aliphatic carbocycles. The molecule has 2 unspecified atom stereocenters. The minimum atomic E-state index is 0. The van der Waals surface area contributed by atoms with Gasteiger partial charge in [-0.25, -0.2) is 4.98 Å². The van der Waals surface area contributed by atoms with Crippen molar-refractivity contribution in [3.05, 3.63) is 23.9 Å². The summed E-state index contributed by atoms with van der Waals surface area (Å²) in [6.07, 6.45) is 4.52. The monoisotopic (exact) mass is 362 g/mol. The molecule has 23 heavy (non-hydrogen) atoms. The van der Waals surface area contributed by atoms with Gasteiger partial charge in [0, 0.05) is 37.8 Å². The van der Waals surface area contributed by atoms with Crippen LogP contribution in [0.2, 0.25) is 0 Å². The van der Waals surface area contributed by atoms with Crippen molar-refractivity contribution in [2.45, 2.75) is 45.7 Å². The number of aromatic nitrogens is 1. The number of anilines is 1. The van der Waals surface area contributed by atoms with Crippen molar-refractivity contribution in [3.63, 3.8) is 0 Å². The van der Waals surface area contributed by atoms with Crippen LogP contribution in [0.5, 0.6) is 0 Å². The highest BCUT2D eigenvalue weighted by Gasteiger charge is 2.27. The van der Waals surface area contributed by atoms with E-state index in [0.717, 1.165) is 43.7 Å². The van der Waals surface area contributed by atoms with Crippen LogP contribution in [-0.4, -0.2) is 30.0 Å². The molecule has 0 aromatic carbocycles. The van der Waals surface area contributed by atoms with E-state index in [1.54, 1.807) is 0 Å². The van der Waals surface area contributed by atoms with Gasteiger partial charge in [-0.1, -0.05) is 6.07 Å². The molecule has 1 heterocycles. The number of pyridine rings is 1. The van der Waals surface area contributed by atoms with E-state index in [1.807, 2.05) is 18.3 Å². The van der Waals surface area contributed by atoms with Crippen molar-refractivity contribution in [2.75, 3.05) is 18.0 Å². The molecule has 3 N–H and O–H groups in total. The highest BCUT2D eigenvalue weighted by Crippen LogP contribution is 2.24. The first-order valence-corrected chi connectivity index (χ1v) is 7.87. The average molecular weight is 363 g/mol. The number of halogens is 2. The molecule has 0 bridgehead atoms. The third-order valence-corrected chi connectivity index (χ3v) is 4.21. The van der Waals surface area contributed by atoms with E-state index in [2.05, 4.69) is 29.0 Å². The molecule has 0 spiro atoms. The Morgan fingerprint density at radius 3 is 2.48 bits per heavy atom. The number of carbonyl (C=O) groups excluding carboxylic acids is 1. The lowest BCUT2D eigenvalue weighted by molar-refractivity contribution is -0.125. The Labute approximate surface area is 151 Å². The Kier molecular flexibility index (Phi) is 10.2. The zero-order valence-corrected chi connectivity index (χ0v) is 15.5. The highest BCUT2D eigenvalue weighted by atomic mass is 35.5. The molecule has 5 nitrogen and oxygen atoms in total. The molecule has 0 radical (unpaired) electrons. The van der Waals surface area contributed by atoms with Crippen molar-refractivity contribution in [3.8, 4) is 0 Å². The van der Waals surface area contributed by atoms with Gasteiger partial charge in [-0.05, 0) is 44.7 Å². The van der Waals surface area contributed by atoms with E-state index >= 15 is 0 Å². The van der Waals surface area contributed by atoms with Crippen LogP contribution in [-0.2, 0) is 11.3 Å². The first kappa shape index (κ1) is 22.0. The van der Waals surface area contributed by atoms with Gasteiger partial charge < -0.3 is 16.0 Å². The summed E-state index contributed by atoms with van der Waals surface area (Å²) in [5, 5.41) is 2.99. The van der Waals surface area contributed by atoms with Gasteiger partial charge in [0.25, 0.3) is 0 Å². The maximum absolute atomic E-state index is 12.0. The Bertz CT molecular complexity index is 466. The van der Waals surface area contributed by atoms with Crippen LogP contribution in [0.25, 0.3) is 0 Å².